The van der Waals surface area contributed by atoms with Crippen molar-refractivity contribution in [3.05, 3.63) is 228 Å². The molecule has 0 spiro atoms. The minimum absolute atomic E-state index is 0.0273. The molecule has 19 nitrogen and oxygen atoms in total. The molecular formula is C71H80Cl5N9O10. The number of nitriles is 1. The number of alkyl halides is 2. The zero-order valence-corrected chi connectivity index (χ0v) is 58.0. The predicted octanol–water partition coefficient (Wildman–Crippen LogP) is 11.3. The average Bonchev–Trinajstić information content (AvgIpc) is 0.901. The van der Waals surface area contributed by atoms with E-state index in [2.05, 4.69) is 37.2 Å². The van der Waals surface area contributed by atoms with Gasteiger partial charge < -0.3 is 57.2 Å². The van der Waals surface area contributed by atoms with E-state index in [4.69, 9.17) is 83.2 Å². The molecule has 504 valence electrons. The van der Waals surface area contributed by atoms with Crippen molar-refractivity contribution in [1.82, 2.24) is 37.2 Å². The lowest BCUT2D eigenvalue weighted by molar-refractivity contribution is -0.123. The summed E-state index contributed by atoms with van der Waals surface area (Å²) in [6, 6.07) is 45.1. The Balaban J connectivity index is 0.000000300. The van der Waals surface area contributed by atoms with Gasteiger partial charge in [0.15, 0.2) is 0 Å². The molecule has 7 aromatic carbocycles. The molecule has 0 bridgehead atoms. The van der Waals surface area contributed by atoms with E-state index in [-0.39, 0.29) is 53.2 Å². The van der Waals surface area contributed by atoms with Gasteiger partial charge in [-0.1, -0.05) is 114 Å². The molecule has 7 rings (SSSR count). The van der Waals surface area contributed by atoms with E-state index in [0.29, 0.717) is 92.5 Å². The number of likely N-dealkylation sites (N-methyl/N-ethyl adjacent to an activating group) is 3. The maximum absolute atomic E-state index is 12.8. The van der Waals surface area contributed by atoms with Crippen molar-refractivity contribution in [2.24, 2.45) is 5.73 Å². The van der Waals surface area contributed by atoms with Crippen molar-refractivity contribution in [3.63, 3.8) is 0 Å². The Hall–Kier alpha value is -8.87. The van der Waals surface area contributed by atoms with Crippen LogP contribution in [0.2, 0.25) is 15.1 Å². The molecular weight excluding hydrogens is 1320 g/mol. The van der Waals surface area contributed by atoms with Crippen LogP contribution in [0.25, 0.3) is 0 Å². The van der Waals surface area contributed by atoms with Crippen LogP contribution < -0.4 is 57.2 Å². The Morgan fingerprint density at radius 2 is 0.737 bits per heavy atom. The van der Waals surface area contributed by atoms with E-state index in [9.17, 15) is 33.6 Å². The molecule has 0 radical (unpaired) electrons. The lowest BCUT2D eigenvalue weighted by atomic mass is 10.0. The molecule has 0 aromatic heterocycles. The third-order valence-corrected chi connectivity index (χ3v) is 14.3. The third kappa shape index (κ3) is 27.2. The quantitative estimate of drug-likeness (QED) is 0.0248. The number of carbonyl (C=O) groups is 7. The largest absolute Gasteiger partial charge is 0.489 e. The minimum atomic E-state index is -0.781. The van der Waals surface area contributed by atoms with Gasteiger partial charge in [-0.25, -0.2) is 0 Å². The van der Waals surface area contributed by atoms with Crippen molar-refractivity contribution in [2.75, 3.05) is 26.5 Å². The molecule has 0 aliphatic carbocycles. The molecule has 0 heterocycles. The standard InChI is InChI=1S/C28H30ClN3O4.C21H26ClN3O3.C21H22ClN3O3.CH2Cl2/c1-18(2)36-25-14-13-22(16-23(25)29)27(34)32-24(28(35)30-3)15-19-9-11-20(12-10-19)17-31-26(33)21-7-5-4-6-8-21;2*1-13(2)28-19-9-8-16(11-17(19)22)20(26)25-18(21(27)24-3)10-14-4-6-15(12-23)7-5-14;2-1-3/h4-14,16,18,24H,15,17H2,1-3H3,(H,30,35)(H,31,33)(H,32,34);4-9,11,13,18H,10,12,23H2,1-3H3,(H,24,27)(H,25,26);4-9,11,13,18H,10H2,1-3H3,(H,24,27)(H,25,26);1H2/t24-;2*18-;/m000./s1. The van der Waals surface area contributed by atoms with E-state index in [0.717, 1.165) is 27.8 Å². The van der Waals surface area contributed by atoms with Crippen LogP contribution in [0.1, 0.15) is 116 Å². The Morgan fingerprint density at radius 1 is 0.432 bits per heavy atom. The van der Waals surface area contributed by atoms with Gasteiger partial charge in [0.05, 0.1) is 50.4 Å². The monoisotopic (exact) mass is 1390 g/mol. The highest BCUT2D eigenvalue weighted by atomic mass is 35.5. The van der Waals surface area contributed by atoms with E-state index in [1.807, 2.05) is 114 Å². The molecule has 0 unspecified atom stereocenters. The SMILES string of the molecule is CNC(=O)[C@H](Cc1ccc(C#N)cc1)NC(=O)c1ccc(OC(C)C)c(Cl)c1.CNC(=O)[C@H](Cc1ccc(CN)cc1)NC(=O)c1ccc(OC(C)C)c(Cl)c1.CNC(=O)[C@H](Cc1ccc(CNC(=O)c2ccccc2)cc1)NC(=O)c1ccc(OC(C)C)c(Cl)c1.ClCCl. The molecule has 0 aliphatic rings. The highest BCUT2D eigenvalue weighted by Crippen LogP contribution is 2.29. The number of amides is 7. The normalized spacial score (nSPS) is 11.4. The Morgan fingerprint density at radius 3 is 1.02 bits per heavy atom. The number of carbonyl (C=O) groups excluding carboxylic acids is 7. The van der Waals surface area contributed by atoms with Gasteiger partial charge in [-0.05, 0) is 148 Å². The van der Waals surface area contributed by atoms with Gasteiger partial charge in [-0.3, -0.25) is 33.6 Å². The summed E-state index contributed by atoms with van der Waals surface area (Å²) in [6.45, 7) is 12.2. The highest BCUT2D eigenvalue weighted by Gasteiger charge is 2.25. The summed E-state index contributed by atoms with van der Waals surface area (Å²) in [6.07, 6.45) is 0.830. The Kier molecular flexibility index (Phi) is 34.0. The van der Waals surface area contributed by atoms with Crippen LogP contribution in [0.4, 0.5) is 0 Å². The second-order valence-electron chi connectivity index (χ2n) is 21.8. The molecule has 0 fully saturated rings. The highest BCUT2D eigenvalue weighted by molar-refractivity contribution is 6.40. The summed E-state index contributed by atoms with van der Waals surface area (Å²) in [7, 11) is 4.57. The molecule has 7 aromatic rings. The topological polar surface area (TPSA) is 281 Å². The minimum Gasteiger partial charge on any atom is -0.489 e. The molecule has 7 amide bonds. The molecule has 9 N–H and O–H groups in total. The fourth-order valence-corrected chi connectivity index (χ4v) is 9.43. The first-order chi connectivity index (χ1) is 45.3. The number of halogens is 5. The van der Waals surface area contributed by atoms with Crippen LogP contribution >= 0.6 is 58.0 Å². The van der Waals surface area contributed by atoms with Crippen molar-refractivity contribution in [2.45, 2.75) is 110 Å². The zero-order chi connectivity index (χ0) is 70.1. The maximum Gasteiger partial charge on any atom is 0.251 e. The second kappa shape index (κ2) is 41.1. The van der Waals surface area contributed by atoms with Gasteiger partial charge in [-0.2, -0.15) is 5.26 Å². The number of nitrogens with one attached hydrogen (secondary N) is 7. The van der Waals surface area contributed by atoms with Gasteiger partial charge in [0.2, 0.25) is 17.7 Å². The van der Waals surface area contributed by atoms with Crippen molar-refractivity contribution in [1.29, 1.82) is 5.26 Å². The van der Waals surface area contributed by atoms with E-state index >= 15 is 0 Å². The van der Waals surface area contributed by atoms with Crippen LogP contribution in [-0.4, -0.2) is 104 Å². The van der Waals surface area contributed by atoms with Crippen LogP contribution in [0.5, 0.6) is 17.2 Å². The summed E-state index contributed by atoms with van der Waals surface area (Å²) >= 11 is 28.2. The van der Waals surface area contributed by atoms with Gasteiger partial charge >= 0.3 is 0 Å². The summed E-state index contributed by atoms with van der Waals surface area (Å²) < 4.78 is 16.7. The number of nitrogens with zero attached hydrogens (tertiary/aromatic N) is 1. The fourth-order valence-electron chi connectivity index (χ4n) is 8.75. The first kappa shape index (κ1) is 78.6. The smallest absolute Gasteiger partial charge is 0.251 e. The number of ether oxygens (including phenoxy) is 3. The first-order valence-electron chi connectivity index (χ1n) is 30.1. The van der Waals surface area contributed by atoms with Gasteiger partial charge in [0, 0.05) is 75.7 Å². The van der Waals surface area contributed by atoms with Crippen LogP contribution in [-0.2, 0) is 46.7 Å². The third-order valence-electron chi connectivity index (χ3n) is 13.4. The van der Waals surface area contributed by atoms with Gasteiger partial charge in [0.1, 0.15) is 35.4 Å². The van der Waals surface area contributed by atoms with Gasteiger partial charge in [-0.15, -0.1) is 23.2 Å². The molecule has 95 heavy (non-hydrogen) atoms. The Bertz CT molecular complexity index is 3690. The number of hydrogen-bond donors (Lipinski definition) is 8. The summed E-state index contributed by atoms with van der Waals surface area (Å²) in [5.74, 6) is -0.770. The number of hydrogen-bond acceptors (Lipinski definition) is 12. The van der Waals surface area contributed by atoms with E-state index in [1.165, 1.54) is 39.3 Å². The number of rotatable bonds is 25. The van der Waals surface area contributed by atoms with Crippen molar-refractivity contribution >= 4 is 99.4 Å². The van der Waals surface area contributed by atoms with Crippen LogP contribution in [0, 0.1) is 11.3 Å². The average molecular weight is 1400 g/mol. The van der Waals surface area contributed by atoms with E-state index in [1.54, 1.807) is 72.8 Å². The second-order valence-corrected chi connectivity index (χ2v) is 23.8. The molecule has 0 saturated heterocycles. The lowest BCUT2D eigenvalue weighted by Crippen LogP contribution is -2.47. The number of nitrogens with two attached hydrogens (primary N) is 1. The summed E-state index contributed by atoms with van der Waals surface area (Å²) in [4.78, 5) is 87.3. The number of benzene rings is 7. The Labute approximate surface area is 580 Å². The van der Waals surface area contributed by atoms with Gasteiger partial charge in [0.25, 0.3) is 23.6 Å². The summed E-state index contributed by atoms with van der Waals surface area (Å²) in [5, 5.41) is 29.0. The lowest BCUT2D eigenvalue weighted by Gasteiger charge is -2.18. The molecule has 24 heteroatoms. The molecule has 3 atom stereocenters. The van der Waals surface area contributed by atoms with E-state index < -0.39 is 29.9 Å². The van der Waals surface area contributed by atoms with Crippen LogP contribution in [0.3, 0.4) is 0 Å². The summed E-state index contributed by atoms with van der Waals surface area (Å²) in [5.41, 5.74) is 12.3. The zero-order valence-electron chi connectivity index (χ0n) is 54.2. The van der Waals surface area contributed by atoms with Crippen LogP contribution in [0.15, 0.2) is 158 Å². The first-order valence-corrected chi connectivity index (χ1v) is 32.3. The molecule has 0 saturated carbocycles. The predicted molar refractivity (Wildman–Crippen MR) is 375 cm³/mol. The maximum atomic E-state index is 12.8. The fraction of sp³-hybridized carbons (Fsp3) is 0.296. The molecule has 0 aliphatic heterocycles. The van der Waals surface area contributed by atoms with Crippen molar-refractivity contribution in [3.8, 4) is 23.3 Å². The van der Waals surface area contributed by atoms with Crippen molar-refractivity contribution < 1.29 is 47.8 Å².